The number of rotatable bonds is 1. The maximum atomic E-state index is 11.0. The number of nitrogens with zero attached hydrogens (tertiary/aromatic N) is 2. The molecule has 2 aromatic rings. The van der Waals surface area contributed by atoms with Gasteiger partial charge in [-0.15, -0.1) is 0 Å². The number of hydrogen-bond acceptors (Lipinski definition) is 4. The lowest BCUT2D eigenvalue weighted by molar-refractivity contribution is 0.101. The molecule has 1 aromatic carbocycles. The Bertz CT molecular complexity index is 549. The molecule has 0 aliphatic rings. The van der Waals surface area contributed by atoms with Gasteiger partial charge in [0.2, 0.25) is 0 Å². The second-order valence-corrected chi connectivity index (χ2v) is 2.87. The van der Waals surface area contributed by atoms with Crippen LogP contribution in [-0.4, -0.2) is 10.8 Å². The first-order valence-corrected chi connectivity index (χ1v) is 4.02. The van der Waals surface area contributed by atoms with Crippen molar-refractivity contribution in [3.63, 3.8) is 0 Å². The van der Waals surface area contributed by atoms with Crippen molar-refractivity contribution in [2.75, 3.05) is 0 Å². The van der Waals surface area contributed by atoms with Crippen LogP contribution in [0.5, 0.6) is 0 Å². The van der Waals surface area contributed by atoms with E-state index in [0.717, 1.165) is 0 Å². The third-order valence-corrected chi connectivity index (χ3v) is 1.89. The zero-order valence-electron chi connectivity index (χ0n) is 7.44. The molecule has 0 spiro atoms. The average Bonchev–Trinajstić information content (AvgIpc) is 2.58. The van der Waals surface area contributed by atoms with Crippen LogP contribution in [0.15, 0.2) is 22.6 Å². The lowest BCUT2D eigenvalue weighted by Gasteiger charge is -1.92. The number of carbonyl (C=O) groups is 1. The van der Waals surface area contributed by atoms with Crippen LogP contribution in [0.25, 0.3) is 11.1 Å². The van der Waals surface area contributed by atoms with E-state index in [2.05, 4.69) is 4.98 Å². The highest BCUT2D eigenvalue weighted by Gasteiger charge is 2.07. The molecule has 0 radical (unpaired) electrons. The third-order valence-electron chi connectivity index (χ3n) is 1.89. The van der Waals surface area contributed by atoms with E-state index in [0.29, 0.717) is 16.7 Å². The molecular weight excluding hydrogens is 180 g/mol. The van der Waals surface area contributed by atoms with Crippen LogP contribution >= 0.6 is 0 Å². The smallest absolute Gasteiger partial charge is 0.301 e. The standard InChI is InChI=1S/C10H6N2O2/c1-6(13)7-2-3-9-8(4-7)12-10(5-11)14-9/h2-4H,1H3. The number of aromatic nitrogens is 1. The van der Waals surface area contributed by atoms with E-state index in [1.54, 1.807) is 24.3 Å². The normalized spacial score (nSPS) is 10.0. The Morgan fingerprint density at radius 1 is 1.57 bits per heavy atom. The van der Waals surface area contributed by atoms with E-state index in [4.69, 9.17) is 9.68 Å². The van der Waals surface area contributed by atoms with E-state index in [-0.39, 0.29) is 11.7 Å². The molecule has 1 aromatic heterocycles. The molecule has 0 unspecified atom stereocenters. The minimum absolute atomic E-state index is 0.0145. The SMILES string of the molecule is CC(=O)c1ccc2oc(C#N)nc2c1. The number of Topliss-reactive ketones (excluding diaryl/α,β-unsaturated/α-hetero) is 1. The second-order valence-electron chi connectivity index (χ2n) is 2.87. The highest BCUT2D eigenvalue weighted by atomic mass is 16.3. The molecule has 1 heterocycles. The van der Waals surface area contributed by atoms with Gasteiger partial charge < -0.3 is 4.42 Å². The van der Waals surface area contributed by atoms with E-state index in [1.165, 1.54) is 6.92 Å². The summed E-state index contributed by atoms with van der Waals surface area (Å²) in [5.41, 5.74) is 1.62. The highest BCUT2D eigenvalue weighted by molar-refractivity contribution is 5.96. The number of fused-ring (bicyclic) bond motifs is 1. The summed E-state index contributed by atoms with van der Waals surface area (Å²) in [5.74, 6) is -0.0193. The van der Waals surface area contributed by atoms with Crippen molar-refractivity contribution in [2.24, 2.45) is 0 Å². The number of carbonyl (C=O) groups excluding carboxylic acids is 1. The topological polar surface area (TPSA) is 66.9 Å². The fourth-order valence-corrected chi connectivity index (χ4v) is 1.19. The first kappa shape index (κ1) is 8.45. The molecule has 0 N–H and O–H groups in total. The molecule has 0 fully saturated rings. The summed E-state index contributed by atoms with van der Waals surface area (Å²) in [7, 11) is 0. The molecule has 0 amide bonds. The molecule has 0 aliphatic heterocycles. The van der Waals surface area contributed by atoms with Crippen molar-refractivity contribution >= 4 is 16.9 Å². The Balaban J connectivity index is 2.66. The predicted octanol–water partition coefficient (Wildman–Crippen LogP) is 1.90. The van der Waals surface area contributed by atoms with Gasteiger partial charge in [-0.1, -0.05) is 0 Å². The van der Waals surface area contributed by atoms with Crippen LogP contribution in [0, 0.1) is 11.3 Å². The highest BCUT2D eigenvalue weighted by Crippen LogP contribution is 2.16. The maximum Gasteiger partial charge on any atom is 0.301 e. The van der Waals surface area contributed by atoms with Crippen molar-refractivity contribution in [1.29, 1.82) is 5.26 Å². The first-order valence-electron chi connectivity index (χ1n) is 4.02. The van der Waals surface area contributed by atoms with Crippen molar-refractivity contribution in [2.45, 2.75) is 6.92 Å². The number of oxazole rings is 1. The number of ketones is 1. The Labute approximate surface area is 79.8 Å². The van der Waals surface area contributed by atoms with E-state index in [9.17, 15) is 4.79 Å². The van der Waals surface area contributed by atoms with E-state index in [1.807, 2.05) is 0 Å². The molecule has 0 atom stereocenters. The van der Waals surface area contributed by atoms with Gasteiger partial charge in [0.25, 0.3) is 0 Å². The quantitative estimate of drug-likeness (QED) is 0.638. The molecule has 14 heavy (non-hydrogen) atoms. The van der Waals surface area contributed by atoms with Crippen molar-refractivity contribution in [3.8, 4) is 6.07 Å². The summed E-state index contributed by atoms with van der Waals surface area (Å²) < 4.78 is 5.07. The lowest BCUT2D eigenvalue weighted by atomic mass is 10.1. The van der Waals surface area contributed by atoms with E-state index >= 15 is 0 Å². The largest absolute Gasteiger partial charge is 0.428 e. The predicted molar refractivity (Wildman–Crippen MR) is 48.7 cm³/mol. The molecule has 0 bridgehead atoms. The minimum atomic E-state index is -0.0339. The van der Waals surface area contributed by atoms with Gasteiger partial charge >= 0.3 is 5.89 Å². The zero-order valence-corrected chi connectivity index (χ0v) is 7.44. The average molecular weight is 186 g/mol. The lowest BCUT2D eigenvalue weighted by Crippen LogP contribution is -1.90. The van der Waals surface area contributed by atoms with Gasteiger partial charge in [-0.05, 0) is 25.1 Å². The van der Waals surface area contributed by atoms with Crippen LogP contribution in [0.3, 0.4) is 0 Å². The number of benzene rings is 1. The van der Waals surface area contributed by atoms with E-state index < -0.39 is 0 Å². The fraction of sp³-hybridized carbons (Fsp3) is 0.100. The summed E-state index contributed by atoms with van der Waals surface area (Å²) >= 11 is 0. The summed E-state index contributed by atoms with van der Waals surface area (Å²) in [4.78, 5) is 14.9. The van der Waals surface area contributed by atoms with Gasteiger partial charge in [-0.3, -0.25) is 4.79 Å². The summed E-state index contributed by atoms with van der Waals surface area (Å²) in [6.45, 7) is 1.48. The summed E-state index contributed by atoms with van der Waals surface area (Å²) in [6, 6.07) is 6.70. The van der Waals surface area contributed by atoms with Gasteiger partial charge in [0.1, 0.15) is 5.52 Å². The van der Waals surface area contributed by atoms with Crippen molar-refractivity contribution < 1.29 is 9.21 Å². The minimum Gasteiger partial charge on any atom is -0.428 e. The van der Waals surface area contributed by atoms with Gasteiger partial charge in [-0.25, -0.2) is 0 Å². The molecule has 2 rings (SSSR count). The molecular formula is C10H6N2O2. The van der Waals surface area contributed by atoms with Gasteiger partial charge in [0, 0.05) is 5.56 Å². The first-order chi connectivity index (χ1) is 6.70. The van der Waals surface area contributed by atoms with Crippen molar-refractivity contribution in [1.82, 2.24) is 4.98 Å². The molecule has 4 heteroatoms. The Kier molecular flexibility index (Phi) is 1.79. The van der Waals surface area contributed by atoms with Crippen LogP contribution < -0.4 is 0 Å². The Hall–Kier alpha value is -2.15. The van der Waals surface area contributed by atoms with Crippen molar-refractivity contribution in [3.05, 3.63) is 29.7 Å². The van der Waals surface area contributed by atoms with Gasteiger partial charge in [0.05, 0.1) is 0 Å². The molecule has 68 valence electrons. The second kappa shape index (κ2) is 2.96. The molecule has 0 saturated heterocycles. The van der Waals surface area contributed by atoms with Gasteiger partial charge in [-0.2, -0.15) is 10.2 Å². The third kappa shape index (κ3) is 1.25. The summed E-state index contributed by atoms with van der Waals surface area (Å²) in [6.07, 6.45) is 0. The fourth-order valence-electron chi connectivity index (χ4n) is 1.19. The zero-order chi connectivity index (χ0) is 10.1. The Morgan fingerprint density at radius 2 is 2.36 bits per heavy atom. The number of nitriles is 1. The maximum absolute atomic E-state index is 11.0. The van der Waals surface area contributed by atoms with Crippen LogP contribution in [0.1, 0.15) is 23.2 Å². The van der Waals surface area contributed by atoms with Gasteiger partial charge in [0.15, 0.2) is 17.4 Å². The number of hydrogen-bond donors (Lipinski definition) is 0. The molecule has 4 nitrogen and oxygen atoms in total. The van der Waals surface area contributed by atoms with Crippen LogP contribution in [-0.2, 0) is 0 Å². The monoisotopic (exact) mass is 186 g/mol. The van der Waals surface area contributed by atoms with Crippen LogP contribution in [0.2, 0.25) is 0 Å². The summed E-state index contributed by atoms with van der Waals surface area (Å²) in [5, 5.41) is 8.54. The molecule has 0 aliphatic carbocycles. The molecule has 0 saturated carbocycles. The Morgan fingerprint density at radius 3 is 3.00 bits per heavy atom. The van der Waals surface area contributed by atoms with Crippen LogP contribution in [0.4, 0.5) is 0 Å².